The van der Waals surface area contributed by atoms with Gasteiger partial charge in [0.25, 0.3) is 0 Å². The smallest absolute Gasteiger partial charge is 0.00665 e. The zero-order valence-electron chi connectivity index (χ0n) is 8.98. The lowest BCUT2D eigenvalue weighted by Crippen LogP contribution is -2.20. The van der Waals surface area contributed by atoms with Crippen LogP contribution in [-0.4, -0.2) is 5.66 Å². The molecule has 1 aromatic rings. The molecule has 1 aliphatic rings. The molecule has 4 heteroatoms. The Morgan fingerprint density at radius 1 is 1.40 bits per heavy atom. The van der Waals surface area contributed by atoms with Gasteiger partial charge in [-0.05, 0) is 35.5 Å². The minimum absolute atomic E-state index is 0.147. The monoisotopic (exact) mass is 274 g/mol. The van der Waals surface area contributed by atoms with Crippen molar-refractivity contribution < 1.29 is 0 Å². The number of hydrogen-bond acceptors (Lipinski definition) is 0. The Hall–Kier alpha value is 0.940. The highest BCUT2D eigenvalue weighted by Gasteiger charge is 2.29. The molecule has 0 aliphatic heterocycles. The Balaban J connectivity index is 2.25. The van der Waals surface area contributed by atoms with Crippen LogP contribution in [0.25, 0.3) is 0 Å². The van der Waals surface area contributed by atoms with Crippen molar-refractivity contribution in [3.8, 4) is 0 Å². The highest BCUT2D eigenvalue weighted by atomic mass is 32.6. The van der Waals surface area contributed by atoms with Gasteiger partial charge in [-0.2, -0.15) is 0 Å². The maximum absolute atomic E-state index is 3.10. The molecule has 82 valence electrons. The maximum Gasteiger partial charge on any atom is -0.00665 e. The van der Waals surface area contributed by atoms with E-state index in [0.717, 1.165) is 19.5 Å². The second kappa shape index (κ2) is 5.52. The van der Waals surface area contributed by atoms with Crippen molar-refractivity contribution in [3.63, 3.8) is 0 Å². The normalized spacial score (nSPS) is 27.9. The SMILES string of the molecule is C[C@@H]1c2ccccc2CC[C@@H]1P(P)PP. The average Bonchev–Trinajstić information content (AvgIpc) is 2.29. The molecular weight excluding hydrogens is 256 g/mol. The lowest BCUT2D eigenvalue weighted by Gasteiger charge is -2.34. The van der Waals surface area contributed by atoms with Crippen LogP contribution in [0.3, 0.4) is 0 Å². The first-order valence-corrected chi connectivity index (χ1v) is 12.0. The van der Waals surface area contributed by atoms with Gasteiger partial charge in [-0.15, -0.1) is 17.9 Å². The van der Waals surface area contributed by atoms with Crippen LogP contribution in [0.4, 0.5) is 0 Å². The molecule has 1 aromatic carbocycles. The summed E-state index contributed by atoms with van der Waals surface area (Å²) in [5.41, 5.74) is 4.10. The van der Waals surface area contributed by atoms with E-state index in [0.29, 0.717) is 0 Å². The summed E-state index contributed by atoms with van der Waals surface area (Å²) in [6.07, 6.45) is 2.67. The van der Waals surface area contributed by atoms with Crippen LogP contribution in [0.5, 0.6) is 0 Å². The highest BCUT2D eigenvalue weighted by Crippen LogP contribution is 2.72. The number of benzene rings is 1. The van der Waals surface area contributed by atoms with Crippen molar-refractivity contribution in [2.45, 2.75) is 31.3 Å². The van der Waals surface area contributed by atoms with Crippen LogP contribution in [0, 0.1) is 0 Å². The summed E-state index contributed by atoms with van der Waals surface area (Å²) in [5.74, 6) is 0.756. The predicted molar refractivity (Wildman–Crippen MR) is 81.6 cm³/mol. The van der Waals surface area contributed by atoms with Crippen LogP contribution >= 0.6 is 33.1 Å². The number of rotatable bonds is 2. The third kappa shape index (κ3) is 2.61. The van der Waals surface area contributed by atoms with Gasteiger partial charge in [0, 0.05) is 0 Å². The molecule has 4 unspecified atom stereocenters. The molecule has 0 aromatic heterocycles. The minimum Gasteiger partial charge on any atom is -0.110 e. The zero-order chi connectivity index (χ0) is 10.8. The number of aryl methyl sites for hydroxylation is 1. The van der Waals surface area contributed by atoms with E-state index in [-0.39, 0.29) is 7.30 Å². The predicted octanol–water partition coefficient (Wildman–Crippen LogP) is 4.76. The molecule has 0 radical (unpaired) electrons. The molecule has 0 spiro atoms. The molecule has 6 atom stereocenters. The van der Waals surface area contributed by atoms with Crippen LogP contribution < -0.4 is 0 Å². The summed E-state index contributed by atoms with van der Waals surface area (Å²) in [4.78, 5) is 0. The number of hydrogen-bond donors (Lipinski definition) is 0. The van der Waals surface area contributed by atoms with Gasteiger partial charge in [0.2, 0.25) is 0 Å². The molecule has 0 heterocycles. The van der Waals surface area contributed by atoms with Crippen LogP contribution in [0.2, 0.25) is 0 Å². The summed E-state index contributed by atoms with van der Waals surface area (Å²) in [6, 6.07) is 8.99. The summed E-state index contributed by atoms with van der Waals surface area (Å²) in [6.45, 7) is 2.41. The number of fused-ring (bicyclic) bond motifs is 1. The summed E-state index contributed by atoms with van der Waals surface area (Å²) in [7, 11) is 7.21. The second-order valence-electron chi connectivity index (χ2n) is 4.13. The van der Waals surface area contributed by atoms with Gasteiger partial charge >= 0.3 is 0 Å². The molecule has 0 fully saturated rings. The topological polar surface area (TPSA) is 0 Å². The van der Waals surface area contributed by atoms with E-state index in [9.17, 15) is 0 Å². The zero-order valence-corrected chi connectivity index (χ0v) is 13.2. The van der Waals surface area contributed by atoms with Crippen LogP contribution in [0.1, 0.15) is 30.4 Å². The van der Waals surface area contributed by atoms with E-state index < -0.39 is 0 Å². The standard InChI is InChI=1S/C11H18P4/c1-8-10-5-3-2-4-9(10)6-7-11(8)15(13)14-12/h2-5,8,11,14H,6-7,12-13H2,1H3/t8-,11+,15?/m1/s1. The molecular formula is C11H18P4. The van der Waals surface area contributed by atoms with Gasteiger partial charge < -0.3 is 0 Å². The lowest BCUT2D eigenvalue weighted by atomic mass is 9.84. The second-order valence-corrected chi connectivity index (χ2v) is 13.7. The summed E-state index contributed by atoms with van der Waals surface area (Å²) in [5, 5.41) is 0. The third-order valence-electron chi connectivity index (χ3n) is 3.34. The molecule has 1 aliphatic carbocycles. The Labute approximate surface area is 100 Å². The van der Waals surface area contributed by atoms with Gasteiger partial charge in [0.05, 0.1) is 0 Å². The van der Waals surface area contributed by atoms with Crippen molar-refractivity contribution >= 4 is 33.1 Å². The largest absolute Gasteiger partial charge is 0.110 e. The Bertz CT molecular complexity index is 339. The van der Waals surface area contributed by atoms with E-state index in [4.69, 9.17) is 0 Å². The van der Waals surface area contributed by atoms with Crippen LogP contribution in [-0.2, 0) is 6.42 Å². The third-order valence-corrected chi connectivity index (χ3v) is 14.8. The van der Waals surface area contributed by atoms with E-state index in [1.54, 1.807) is 11.1 Å². The lowest BCUT2D eigenvalue weighted by molar-refractivity contribution is 0.605. The Kier molecular flexibility index (Phi) is 4.56. The van der Waals surface area contributed by atoms with E-state index >= 15 is 0 Å². The fourth-order valence-corrected chi connectivity index (χ4v) is 8.26. The van der Waals surface area contributed by atoms with E-state index in [1.807, 2.05) is 0 Å². The first kappa shape index (κ1) is 12.4. The molecule has 0 saturated heterocycles. The molecule has 0 nitrogen and oxygen atoms in total. The first-order valence-electron chi connectivity index (χ1n) is 5.32. The van der Waals surface area contributed by atoms with Gasteiger partial charge in [0.15, 0.2) is 0 Å². The molecule has 0 bridgehead atoms. The Morgan fingerprint density at radius 3 is 2.87 bits per heavy atom. The van der Waals surface area contributed by atoms with Crippen molar-refractivity contribution in [1.82, 2.24) is 0 Å². The van der Waals surface area contributed by atoms with Gasteiger partial charge in [-0.25, -0.2) is 0 Å². The van der Waals surface area contributed by atoms with Gasteiger partial charge in [0.1, 0.15) is 0 Å². The molecule has 2 rings (SSSR count). The average molecular weight is 274 g/mol. The quantitative estimate of drug-likeness (QED) is 0.682. The molecule has 0 N–H and O–H groups in total. The molecule has 0 saturated carbocycles. The van der Waals surface area contributed by atoms with Crippen molar-refractivity contribution in [1.29, 1.82) is 0 Å². The first-order chi connectivity index (χ1) is 7.24. The van der Waals surface area contributed by atoms with Crippen molar-refractivity contribution in [2.75, 3.05) is 0 Å². The van der Waals surface area contributed by atoms with E-state index in [1.165, 1.54) is 12.8 Å². The fraction of sp³-hybridized carbons (Fsp3) is 0.455. The Morgan fingerprint density at radius 2 is 2.13 bits per heavy atom. The fourth-order valence-electron chi connectivity index (χ4n) is 2.44. The summed E-state index contributed by atoms with van der Waals surface area (Å²) < 4.78 is 0. The highest BCUT2D eigenvalue weighted by molar-refractivity contribution is 8.61. The van der Waals surface area contributed by atoms with Gasteiger partial charge in [-0.1, -0.05) is 46.4 Å². The minimum atomic E-state index is 0.147. The van der Waals surface area contributed by atoms with Crippen LogP contribution in [0.15, 0.2) is 24.3 Å². The van der Waals surface area contributed by atoms with Gasteiger partial charge in [-0.3, -0.25) is 0 Å². The molecule has 0 amide bonds. The summed E-state index contributed by atoms with van der Waals surface area (Å²) >= 11 is 0. The molecule has 15 heavy (non-hydrogen) atoms. The maximum atomic E-state index is 3.10. The van der Waals surface area contributed by atoms with Crippen molar-refractivity contribution in [3.05, 3.63) is 35.4 Å². The van der Waals surface area contributed by atoms with Crippen molar-refractivity contribution in [2.24, 2.45) is 0 Å². The van der Waals surface area contributed by atoms with E-state index in [2.05, 4.69) is 49.0 Å².